The van der Waals surface area contributed by atoms with Crippen LogP contribution < -0.4 is 5.32 Å². The van der Waals surface area contributed by atoms with Gasteiger partial charge in [-0.15, -0.1) is 0 Å². The number of methoxy groups -OCH3 is 1. The number of hydrogen-bond donors (Lipinski definition) is 1. The quantitative estimate of drug-likeness (QED) is 0.773. The van der Waals surface area contributed by atoms with Crippen molar-refractivity contribution in [2.45, 2.75) is 38.8 Å². The highest BCUT2D eigenvalue weighted by Crippen LogP contribution is 2.27. The number of amides is 1. The summed E-state index contributed by atoms with van der Waals surface area (Å²) < 4.78 is 7.24. The number of hydrogen-bond acceptors (Lipinski definition) is 4. The highest BCUT2D eigenvalue weighted by atomic mass is 16.5. The third kappa shape index (κ3) is 4.57. The summed E-state index contributed by atoms with van der Waals surface area (Å²) in [5.41, 5.74) is 4.10. The van der Waals surface area contributed by atoms with Crippen molar-refractivity contribution < 1.29 is 9.53 Å². The molecule has 1 aliphatic carbocycles. The molecule has 1 aliphatic rings. The molecule has 1 aromatic carbocycles. The number of benzene rings is 1. The van der Waals surface area contributed by atoms with Crippen LogP contribution in [0.1, 0.15) is 40.7 Å². The summed E-state index contributed by atoms with van der Waals surface area (Å²) >= 11 is 0. The van der Waals surface area contributed by atoms with Gasteiger partial charge in [-0.2, -0.15) is 5.10 Å². The summed E-state index contributed by atoms with van der Waals surface area (Å²) in [4.78, 5) is 14.9. The first-order chi connectivity index (χ1) is 13.1. The Kier molecular flexibility index (Phi) is 6.63. The van der Waals surface area contributed by atoms with Gasteiger partial charge in [0.1, 0.15) is 0 Å². The van der Waals surface area contributed by atoms with E-state index in [9.17, 15) is 4.79 Å². The molecule has 0 saturated carbocycles. The van der Waals surface area contributed by atoms with E-state index in [1.54, 1.807) is 7.11 Å². The first kappa shape index (κ1) is 19.6. The van der Waals surface area contributed by atoms with Gasteiger partial charge in [0.25, 0.3) is 5.91 Å². The second-order valence-electron chi connectivity index (χ2n) is 7.15. The van der Waals surface area contributed by atoms with Crippen LogP contribution in [-0.2, 0) is 24.1 Å². The Balaban J connectivity index is 1.87. The largest absolute Gasteiger partial charge is 0.383 e. The Bertz CT molecular complexity index is 757. The fraction of sp³-hybridized carbons (Fsp3) is 0.524. The molecule has 6 nitrogen and oxygen atoms in total. The first-order valence-electron chi connectivity index (χ1n) is 9.73. The van der Waals surface area contributed by atoms with E-state index in [1.165, 1.54) is 11.3 Å². The van der Waals surface area contributed by atoms with Crippen molar-refractivity contribution in [3.63, 3.8) is 0 Å². The zero-order valence-corrected chi connectivity index (χ0v) is 16.6. The number of carbonyl (C=O) groups excluding carboxylic acids is 1. The van der Waals surface area contributed by atoms with Crippen LogP contribution in [0.3, 0.4) is 0 Å². The molecule has 0 saturated heterocycles. The number of aromatic nitrogens is 2. The van der Waals surface area contributed by atoms with Crippen molar-refractivity contribution in [2.24, 2.45) is 0 Å². The molecule has 0 aliphatic heterocycles. The molecule has 3 rings (SSSR count). The number of ether oxygens (including phenoxy) is 1. The van der Waals surface area contributed by atoms with Gasteiger partial charge in [0, 0.05) is 37.5 Å². The van der Waals surface area contributed by atoms with Gasteiger partial charge in [0.2, 0.25) is 0 Å². The molecule has 1 unspecified atom stereocenters. The Morgan fingerprint density at radius 2 is 2.15 bits per heavy atom. The smallest absolute Gasteiger partial charge is 0.272 e. The molecule has 2 aromatic rings. The number of carbonyl (C=O) groups is 1. The topological polar surface area (TPSA) is 59.4 Å². The predicted octanol–water partition coefficient (Wildman–Crippen LogP) is 2.12. The van der Waals surface area contributed by atoms with E-state index in [2.05, 4.69) is 29.4 Å². The molecule has 0 spiro atoms. The van der Waals surface area contributed by atoms with E-state index in [4.69, 9.17) is 9.84 Å². The van der Waals surface area contributed by atoms with Crippen molar-refractivity contribution in [1.29, 1.82) is 0 Å². The van der Waals surface area contributed by atoms with Gasteiger partial charge in [-0.05, 0) is 38.8 Å². The van der Waals surface area contributed by atoms with E-state index >= 15 is 0 Å². The summed E-state index contributed by atoms with van der Waals surface area (Å²) in [6.07, 6.45) is 2.87. The Morgan fingerprint density at radius 1 is 1.37 bits per heavy atom. The lowest BCUT2D eigenvalue weighted by molar-refractivity contribution is 0.0947. The molecule has 146 valence electrons. The minimum atomic E-state index is -0.0687. The summed E-state index contributed by atoms with van der Waals surface area (Å²) in [6.45, 7) is 4.86. The average Bonchev–Trinajstić information content (AvgIpc) is 3.05. The van der Waals surface area contributed by atoms with Gasteiger partial charge in [-0.1, -0.05) is 30.3 Å². The lowest BCUT2D eigenvalue weighted by atomic mass is 9.90. The van der Waals surface area contributed by atoms with E-state index in [0.717, 1.165) is 38.0 Å². The van der Waals surface area contributed by atoms with E-state index < -0.39 is 0 Å². The molecule has 0 bridgehead atoms. The second kappa shape index (κ2) is 9.15. The van der Waals surface area contributed by atoms with Gasteiger partial charge in [0.15, 0.2) is 5.69 Å². The minimum Gasteiger partial charge on any atom is -0.383 e. The van der Waals surface area contributed by atoms with Crippen LogP contribution in [0.2, 0.25) is 0 Å². The standard InChI is InChI=1S/C21H30N4O2/c1-4-22-21(26)20-18-14-17(24(2)12-13-27-3)10-11-19(18)25(23-20)15-16-8-6-5-7-9-16/h5-9,17H,4,10-15H2,1-3H3,(H,22,26). The molecule has 0 radical (unpaired) electrons. The first-order valence-corrected chi connectivity index (χ1v) is 9.73. The number of nitrogens with one attached hydrogen (secondary N) is 1. The van der Waals surface area contributed by atoms with Crippen LogP contribution in [0.4, 0.5) is 0 Å². The lowest BCUT2D eigenvalue weighted by Crippen LogP contribution is -2.39. The third-order valence-electron chi connectivity index (χ3n) is 5.32. The van der Waals surface area contributed by atoms with Gasteiger partial charge >= 0.3 is 0 Å². The molecule has 1 heterocycles. The summed E-state index contributed by atoms with van der Waals surface area (Å²) in [6, 6.07) is 10.7. The van der Waals surface area contributed by atoms with Gasteiger partial charge in [0.05, 0.1) is 13.2 Å². The fourth-order valence-corrected chi connectivity index (χ4v) is 3.78. The lowest BCUT2D eigenvalue weighted by Gasteiger charge is -2.31. The molecular weight excluding hydrogens is 340 g/mol. The van der Waals surface area contributed by atoms with Crippen LogP contribution in [-0.4, -0.2) is 60.5 Å². The Morgan fingerprint density at radius 3 is 2.85 bits per heavy atom. The van der Waals surface area contributed by atoms with Gasteiger partial charge in [-0.3, -0.25) is 9.48 Å². The molecule has 1 atom stereocenters. The molecule has 0 fully saturated rings. The molecule has 1 amide bonds. The molecule has 6 heteroatoms. The van der Waals surface area contributed by atoms with Crippen molar-refractivity contribution in [3.05, 3.63) is 52.8 Å². The van der Waals surface area contributed by atoms with Crippen LogP contribution in [0.5, 0.6) is 0 Å². The highest BCUT2D eigenvalue weighted by molar-refractivity contribution is 5.94. The van der Waals surface area contributed by atoms with Gasteiger partial charge in [-0.25, -0.2) is 0 Å². The minimum absolute atomic E-state index is 0.0687. The predicted molar refractivity (Wildman–Crippen MR) is 106 cm³/mol. The van der Waals surface area contributed by atoms with E-state index in [0.29, 0.717) is 24.8 Å². The van der Waals surface area contributed by atoms with Crippen molar-refractivity contribution in [2.75, 3.05) is 33.9 Å². The summed E-state index contributed by atoms with van der Waals surface area (Å²) in [7, 11) is 3.86. The Hall–Kier alpha value is -2.18. The fourth-order valence-electron chi connectivity index (χ4n) is 3.78. The number of likely N-dealkylation sites (N-methyl/N-ethyl adjacent to an activating group) is 1. The van der Waals surface area contributed by atoms with Crippen molar-refractivity contribution in [1.82, 2.24) is 20.0 Å². The van der Waals surface area contributed by atoms with E-state index in [-0.39, 0.29) is 5.91 Å². The monoisotopic (exact) mass is 370 g/mol. The molecule has 1 aromatic heterocycles. The van der Waals surface area contributed by atoms with Crippen molar-refractivity contribution >= 4 is 5.91 Å². The average molecular weight is 370 g/mol. The maximum absolute atomic E-state index is 12.6. The Labute approximate surface area is 161 Å². The number of nitrogens with zero attached hydrogens (tertiary/aromatic N) is 3. The third-order valence-corrected chi connectivity index (χ3v) is 5.32. The van der Waals surface area contributed by atoms with Gasteiger partial charge < -0.3 is 15.0 Å². The molecular formula is C21H30N4O2. The SMILES string of the molecule is CCNC(=O)c1nn(Cc2ccccc2)c2c1CC(N(C)CCOC)CC2. The highest BCUT2D eigenvalue weighted by Gasteiger charge is 2.30. The van der Waals surface area contributed by atoms with Crippen LogP contribution in [0.25, 0.3) is 0 Å². The normalized spacial score (nSPS) is 16.4. The maximum atomic E-state index is 12.6. The van der Waals surface area contributed by atoms with Crippen molar-refractivity contribution in [3.8, 4) is 0 Å². The zero-order valence-electron chi connectivity index (χ0n) is 16.6. The maximum Gasteiger partial charge on any atom is 0.272 e. The number of fused-ring (bicyclic) bond motifs is 1. The van der Waals surface area contributed by atoms with Crippen LogP contribution in [0, 0.1) is 0 Å². The van der Waals surface area contributed by atoms with Crippen LogP contribution in [0.15, 0.2) is 30.3 Å². The second-order valence-corrected chi connectivity index (χ2v) is 7.15. The summed E-state index contributed by atoms with van der Waals surface area (Å²) in [5, 5.41) is 7.64. The molecule has 27 heavy (non-hydrogen) atoms. The number of rotatable bonds is 8. The summed E-state index contributed by atoms with van der Waals surface area (Å²) in [5.74, 6) is -0.0687. The van der Waals surface area contributed by atoms with Crippen LogP contribution >= 0.6 is 0 Å². The zero-order chi connectivity index (χ0) is 19.2. The van der Waals surface area contributed by atoms with E-state index in [1.807, 2.05) is 29.8 Å². The molecule has 1 N–H and O–H groups in total.